The summed E-state index contributed by atoms with van der Waals surface area (Å²) >= 11 is 0. The van der Waals surface area contributed by atoms with E-state index in [4.69, 9.17) is 4.74 Å². The van der Waals surface area contributed by atoms with Crippen LogP contribution in [-0.2, 0) is 0 Å². The molecular formula is C16H24O. The Bertz CT molecular complexity index is 303. The average molecular weight is 232 g/mol. The van der Waals surface area contributed by atoms with Crippen molar-refractivity contribution in [2.45, 2.75) is 39.5 Å². The molecule has 1 heteroatoms. The van der Waals surface area contributed by atoms with Gasteiger partial charge in [0.05, 0.1) is 0 Å². The average Bonchev–Trinajstić information content (AvgIpc) is 2.38. The third kappa shape index (κ3) is 6.83. The standard InChI is InChI=1S/C16H24O/c1-3-15(2)11-7-4-5-10-14-17-16-12-8-6-9-13-16/h5-6,8-10,12-13,15H,3-4,7,11,14H2,1-2H3/b10-5+. The number of hydrogen-bond acceptors (Lipinski definition) is 1. The molecular weight excluding hydrogens is 208 g/mol. The van der Waals surface area contributed by atoms with Crippen LogP contribution in [0.15, 0.2) is 42.5 Å². The smallest absolute Gasteiger partial charge is 0.119 e. The number of benzene rings is 1. The van der Waals surface area contributed by atoms with Crippen molar-refractivity contribution < 1.29 is 4.74 Å². The van der Waals surface area contributed by atoms with E-state index in [2.05, 4.69) is 26.0 Å². The van der Waals surface area contributed by atoms with Gasteiger partial charge in [-0.1, -0.05) is 57.0 Å². The first-order valence-corrected chi connectivity index (χ1v) is 6.65. The van der Waals surface area contributed by atoms with Crippen LogP contribution in [-0.4, -0.2) is 6.61 Å². The van der Waals surface area contributed by atoms with Crippen molar-refractivity contribution in [3.63, 3.8) is 0 Å². The van der Waals surface area contributed by atoms with E-state index in [0.29, 0.717) is 6.61 Å². The van der Waals surface area contributed by atoms with Gasteiger partial charge >= 0.3 is 0 Å². The molecule has 1 nitrogen and oxygen atoms in total. The second-order valence-electron chi connectivity index (χ2n) is 4.54. The highest BCUT2D eigenvalue weighted by Crippen LogP contribution is 2.11. The lowest BCUT2D eigenvalue weighted by molar-refractivity contribution is 0.362. The second-order valence-corrected chi connectivity index (χ2v) is 4.54. The van der Waals surface area contributed by atoms with Gasteiger partial charge in [-0.2, -0.15) is 0 Å². The molecule has 1 unspecified atom stereocenters. The zero-order chi connectivity index (χ0) is 12.3. The van der Waals surface area contributed by atoms with Crippen LogP contribution in [0.1, 0.15) is 39.5 Å². The molecule has 1 aromatic carbocycles. The Balaban J connectivity index is 2.03. The van der Waals surface area contributed by atoms with Crippen LogP contribution < -0.4 is 4.74 Å². The third-order valence-corrected chi connectivity index (χ3v) is 3.02. The van der Waals surface area contributed by atoms with Gasteiger partial charge in [0.25, 0.3) is 0 Å². The molecule has 0 fully saturated rings. The fourth-order valence-electron chi connectivity index (χ4n) is 1.64. The van der Waals surface area contributed by atoms with Crippen molar-refractivity contribution in [2.24, 2.45) is 5.92 Å². The molecule has 17 heavy (non-hydrogen) atoms. The molecule has 0 aromatic heterocycles. The minimum atomic E-state index is 0.674. The lowest BCUT2D eigenvalue weighted by Crippen LogP contribution is -1.93. The van der Waals surface area contributed by atoms with Crippen LogP contribution >= 0.6 is 0 Å². The van der Waals surface area contributed by atoms with Gasteiger partial charge in [0.2, 0.25) is 0 Å². The zero-order valence-corrected chi connectivity index (χ0v) is 11.1. The molecule has 0 aliphatic rings. The van der Waals surface area contributed by atoms with E-state index in [1.54, 1.807) is 0 Å². The summed E-state index contributed by atoms with van der Waals surface area (Å²) in [6, 6.07) is 9.95. The summed E-state index contributed by atoms with van der Waals surface area (Å²) in [5.74, 6) is 1.81. The Morgan fingerprint density at radius 2 is 1.94 bits per heavy atom. The van der Waals surface area contributed by atoms with Crippen molar-refractivity contribution in [3.05, 3.63) is 42.5 Å². The molecule has 94 valence electrons. The monoisotopic (exact) mass is 232 g/mol. The zero-order valence-electron chi connectivity index (χ0n) is 11.1. The van der Waals surface area contributed by atoms with Gasteiger partial charge < -0.3 is 4.74 Å². The Labute approximate surface area is 106 Å². The Morgan fingerprint density at radius 3 is 2.65 bits per heavy atom. The van der Waals surface area contributed by atoms with Crippen molar-refractivity contribution in [1.29, 1.82) is 0 Å². The summed E-state index contributed by atoms with van der Waals surface area (Å²) in [5.41, 5.74) is 0. The highest BCUT2D eigenvalue weighted by molar-refractivity contribution is 5.21. The molecule has 0 bridgehead atoms. The Morgan fingerprint density at radius 1 is 1.18 bits per heavy atom. The van der Waals surface area contributed by atoms with Crippen LogP contribution in [0, 0.1) is 5.92 Å². The van der Waals surface area contributed by atoms with Gasteiger partial charge in [-0.15, -0.1) is 0 Å². The van der Waals surface area contributed by atoms with Gasteiger partial charge in [-0.05, 0) is 30.9 Å². The molecule has 1 aromatic rings. The van der Waals surface area contributed by atoms with Gasteiger partial charge in [0.15, 0.2) is 0 Å². The van der Waals surface area contributed by atoms with Gasteiger partial charge in [0, 0.05) is 0 Å². The summed E-state index contributed by atoms with van der Waals surface area (Å²) in [6.45, 7) is 5.25. The quantitative estimate of drug-likeness (QED) is 0.460. The van der Waals surface area contributed by atoms with Crippen LogP contribution in [0.4, 0.5) is 0 Å². The van der Waals surface area contributed by atoms with Crippen LogP contribution in [0.2, 0.25) is 0 Å². The lowest BCUT2D eigenvalue weighted by atomic mass is 10.0. The van der Waals surface area contributed by atoms with E-state index in [1.807, 2.05) is 30.3 Å². The first-order valence-electron chi connectivity index (χ1n) is 6.65. The minimum absolute atomic E-state index is 0.674. The largest absolute Gasteiger partial charge is 0.490 e. The second kappa shape index (κ2) is 8.86. The fourth-order valence-corrected chi connectivity index (χ4v) is 1.64. The maximum Gasteiger partial charge on any atom is 0.119 e. The highest BCUT2D eigenvalue weighted by atomic mass is 16.5. The molecule has 0 saturated carbocycles. The molecule has 0 aliphatic heterocycles. The van der Waals surface area contributed by atoms with E-state index in [1.165, 1.54) is 25.7 Å². The number of ether oxygens (including phenoxy) is 1. The third-order valence-electron chi connectivity index (χ3n) is 3.02. The number of rotatable bonds is 8. The molecule has 0 saturated heterocycles. The fraction of sp³-hybridized carbons (Fsp3) is 0.500. The van der Waals surface area contributed by atoms with Gasteiger partial charge in [-0.3, -0.25) is 0 Å². The van der Waals surface area contributed by atoms with Crippen LogP contribution in [0.25, 0.3) is 0 Å². The Kier molecular flexibility index (Phi) is 7.20. The number of para-hydroxylation sites is 1. The van der Waals surface area contributed by atoms with E-state index in [9.17, 15) is 0 Å². The number of allylic oxidation sites excluding steroid dienone is 1. The number of hydrogen-bond donors (Lipinski definition) is 0. The Hall–Kier alpha value is -1.24. The highest BCUT2D eigenvalue weighted by Gasteiger charge is 1.96. The molecule has 1 atom stereocenters. The molecule has 0 radical (unpaired) electrons. The predicted molar refractivity (Wildman–Crippen MR) is 74.4 cm³/mol. The first-order chi connectivity index (χ1) is 8.33. The van der Waals surface area contributed by atoms with Crippen LogP contribution in [0.5, 0.6) is 5.75 Å². The summed E-state index contributed by atoms with van der Waals surface area (Å²) in [7, 11) is 0. The van der Waals surface area contributed by atoms with Crippen molar-refractivity contribution in [3.8, 4) is 5.75 Å². The topological polar surface area (TPSA) is 9.23 Å². The van der Waals surface area contributed by atoms with Crippen molar-refractivity contribution >= 4 is 0 Å². The van der Waals surface area contributed by atoms with Gasteiger partial charge in [0.1, 0.15) is 12.4 Å². The SMILES string of the molecule is CCC(C)CCC/C=C/COc1ccccc1. The van der Waals surface area contributed by atoms with E-state index in [0.717, 1.165) is 11.7 Å². The molecule has 0 aliphatic carbocycles. The van der Waals surface area contributed by atoms with E-state index < -0.39 is 0 Å². The van der Waals surface area contributed by atoms with E-state index >= 15 is 0 Å². The van der Waals surface area contributed by atoms with E-state index in [-0.39, 0.29) is 0 Å². The molecule has 0 amide bonds. The first kappa shape index (κ1) is 13.8. The molecule has 0 spiro atoms. The molecule has 0 heterocycles. The van der Waals surface area contributed by atoms with Gasteiger partial charge in [-0.25, -0.2) is 0 Å². The number of unbranched alkanes of at least 4 members (excludes halogenated alkanes) is 1. The van der Waals surface area contributed by atoms with Crippen LogP contribution in [0.3, 0.4) is 0 Å². The van der Waals surface area contributed by atoms with Crippen molar-refractivity contribution in [2.75, 3.05) is 6.61 Å². The molecule has 1 rings (SSSR count). The minimum Gasteiger partial charge on any atom is -0.490 e. The summed E-state index contributed by atoms with van der Waals surface area (Å²) in [6.07, 6.45) is 9.43. The van der Waals surface area contributed by atoms with Crippen molar-refractivity contribution in [1.82, 2.24) is 0 Å². The predicted octanol–water partition coefficient (Wildman–Crippen LogP) is 4.84. The maximum atomic E-state index is 5.57. The molecule has 0 N–H and O–H groups in total. The normalized spacial score (nSPS) is 12.8. The summed E-state index contributed by atoms with van der Waals surface area (Å²) < 4.78 is 5.57. The lowest BCUT2D eigenvalue weighted by Gasteiger charge is -2.05. The maximum absolute atomic E-state index is 5.57. The summed E-state index contributed by atoms with van der Waals surface area (Å²) in [5, 5.41) is 0. The summed E-state index contributed by atoms with van der Waals surface area (Å²) in [4.78, 5) is 0.